The first-order valence-corrected chi connectivity index (χ1v) is 10.8. The molecule has 146 valence electrons. The van der Waals surface area contributed by atoms with Crippen LogP contribution in [0.2, 0.25) is 0 Å². The average Bonchev–Trinajstić information content (AvgIpc) is 3.15. The minimum absolute atomic E-state index is 0.0389. The van der Waals surface area contributed by atoms with Gasteiger partial charge in [0, 0.05) is 25.5 Å². The van der Waals surface area contributed by atoms with Crippen LogP contribution in [0, 0.1) is 6.92 Å². The van der Waals surface area contributed by atoms with E-state index >= 15 is 0 Å². The molecule has 0 unspecified atom stereocenters. The van der Waals surface area contributed by atoms with E-state index < -0.39 is 0 Å². The molecule has 1 heterocycles. The fourth-order valence-electron chi connectivity index (χ4n) is 3.38. The number of nitrogens with one attached hydrogen (secondary N) is 1. The van der Waals surface area contributed by atoms with Gasteiger partial charge in [-0.3, -0.25) is 9.36 Å². The second-order valence-electron chi connectivity index (χ2n) is 6.99. The maximum absolute atomic E-state index is 12.1. The zero-order chi connectivity index (χ0) is 18.9. The number of aromatic nitrogens is 2. The number of benzene rings is 1. The summed E-state index contributed by atoms with van der Waals surface area (Å²) in [4.78, 5) is 16.5. The molecule has 0 spiro atoms. The molecular weight excluding hydrogens is 358 g/mol. The molecule has 0 atom stereocenters. The Kier molecular flexibility index (Phi) is 7.78. The van der Waals surface area contributed by atoms with E-state index in [1.54, 1.807) is 6.20 Å². The summed E-state index contributed by atoms with van der Waals surface area (Å²) < 4.78 is 7.92. The lowest BCUT2D eigenvalue weighted by Crippen LogP contribution is -2.27. The van der Waals surface area contributed by atoms with Gasteiger partial charge in [0.05, 0.1) is 17.5 Å². The van der Waals surface area contributed by atoms with Crippen molar-refractivity contribution < 1.29 is 9.53 Å². The monoisotopic (exact) mass is 387 g/mol. The molecule has 0 saturated heterocycles. The molecule has 5 nitrogen and oxygen atoms in total. The summed E-state index contributed by atoms with van der Waals surface area (Å²) in [5, 5.41) is 3.81. The number of aryl methyl sites for hydroxylation is 1. The fourth-order valence-corrected chi connectivity index (χ4v) is 4.17. The Morgan fingerprint density at radius 2 is 2.11 bits per heavy atom. The van der Waals surface area contributed by atoms with Crippen molar-refractivity contribution in [1.82, 2.24) is 14.9 Å². The average molecular weight is 388 g/mol. The lowest BCUT2D eigenvalue weighted by Gasteiger charge is -2.21. The normalized spacial score (nSPS) is 15.0. The molecule has 3 rings (SSSR count). The van der Waals surface area contributed by atoms with Crippen molar-refractivity contribution in [3.8, 4) is 5.69 Å². The van der Waals surface area contributed by atoms with Gasteiger partial charge in [-0.15, -0.1) is 0 Å². The van der Waals surface area contributed by atoms with Crippen molar-refractivity contribution in [2.75, 3.05) is 18.9 Å². The highest BCUT2D eigenvalue weighted by molar-refractivity contribution is 7.99. The van der Waals surface area contributed by atoms with Gasteiger partial charge in [0.25, 0.3) is 0 Å². The first-order chi connectivity index (χ1) is 13.2. The highest BCUT2D eigenvalue weighted by Crippen LogP contribution is 2.22. The van der Waals surface area contributed by atoms with Gasteiger partial charge >= 0.3 is 0 Å². The van der Waals surface area contributed by atoms with Crippen LogP contribution in [0.5, 0.6) is 0 Å². The van der Waals surface area contributed by atoms with Gasteiger partial charge in [0.15, 0.2) is 5.16 Å². The highest BCUT2D eigenvalue weighted by Gasteiger charge is 2.13. The summed E-state index contributed by atoms with van der Waals surface area (Å²) in [6.07, 6.45) is 11.3. The number of thioether (sulfide) groups is 1. The largest absolute Gasteiger partial charge is 0.378 e. The first-order valence-electron chi connectivity index (χ1n) is 9.84. The molecular formula is C21H29N3O2S. The van der Waals surface area contributed by atoms with Gasteiger partial charge in [0.1, 0.15) is 0 Å². The second kappa shape index (κ2) is 10.5. The molecule has 0 radical (unpaired) electrons. The second-order valence-corrected chi connectivity index (χ2v) is 7.93. The third-order valence-corrected chi connectivity index (χ3v) is 5.83. The van der Waals surface area contributed by atoms with Gasteiger partial charge in [-0.1, -0.05) is 49.2 Å². The third kappa shape index (κ3) is 6.11. The molecule has 1 saturated carbocycles. The van der Waals surface area contributed by atoms with Gasteiger partial charge in [-0.25, -0.2) is 4.98 Å². The van der Waals surface area contributed by atoms with Gasteiger partial charge in [-0.05, 0) is 37.8 Å². The highest BCUT2D eigenvalue weighted by atomic mass is 32.2. The first kappa shape index (κ1) is 20.0. The van der Waals surface area contributed by atoms with Crippen LogP contribution < -0.4 is 5.32 Å². The van der Waals surface area contributed by atoms with Crippen LogP contribution in [0.15, 0.2) is 41.8 Å². The Hall–Kier alpha value is -1.79. The quantitative estimate of drug-likeness (QED) is 0.519. The van der Waals surface area contributed by atoms with Crippen LogP contribution in [-0.4, -0.2) is 40.5 Å². The third-order valence-electron chi connectivity index (χ3n) is 4.86. The van der Waals surface area contributed by atoms with Crippen molar-refractivity contribution >= 4 is 17.7 Å². The molecule has 1 aliphatic carbocycles. The Balaban J connectivity index is 1.36. The van der Waals surface area contributed by atoms with Crippen molar-refractivity contribution in [3.05, 3.63) is 42.2 Å². The number of nitrogens with zero attached hydrogens (tertiary/aromatic N) is 2. The summed E-state index contributed by atoms with van der Waals surface area (Å²) in [6, 6.07) is 8.17. The molecule has 0 aliphatic heterocycles. The summed E-state index contributed by atoms with van der Waals surface area (Å²) in [6.45, 7) is 3.47. The number of hydrogen-bond donors (Lipinski definition) is 1. The number of imidazole rings is 1. The Bertz CT molecular complexity index is 726. The SMILES string of the molecule is Cc1ccccc1-n1ccnc1SCC(=O)NCCCOC1CCCCC1. The van der Waals surface area contributed by atoms with E-state index in [9.17, 15) is 4.79 Å². The zero-order valence-electron chi connectivity index (χ0n) is 16.0. The molecule has 27 heavy (non-hydrogen) atoms. The van der Waals surface area contributed by atoms with Crippen molar-refractivity contribution in [3.63, 3.8) is 0 Å². The van der Waals surface area contributed by atoms with Crippen LogP contribution >= 0.6 is 11.8 Å². The van der Waals surface area contributed by atoms with Crippen molar-refractivity contribution in [2.24, 2.45) is 0 Å². The number of para-hydroxylation sites is 1. The van der Waals surface area contributed by atoms with E-state index in [-0.39, 0.29) is 5.91 Å². The van der Waals surface area contributed by atoms with Gasteiger partial charge in [-0.2, -0.15) is 0 Å². The van der Waals surface area contributed by atoms with E-state index in [1.165, 1.54) is 49.4 Å². The van der Waals surface area contributed by atoms with Gasteiger partial charge < -0.3 is 10.1 Å². The number of carbonyl (C=O) groups excluding carboxylic acids is 1. The van der Waals surface area contributed by atoms with Crippen LogP contribution in [-0.2, 0) is 9.53 Å². The van der Waals surface area contributed by atoms with E-state index in [0.29, 0.717) is 18.4 Å². The molecule has 1 aromatic carbocycles. The summed E-state index contributed by atoms with van der Waals surface area (Å²) in [7, 11) is 0. The topological polar surface area (TPSA) is 56.2 Å². The summed E-state index contributed by atoms with van der Waals surface area (Å²) >= 11 is 1.46. The minimum Gasteiger partial charge on any atom is -0.378 e. The summed E-state index contributed by atoms with van der Waals surface area (Å²) in [5.74, 6) is 0.406. The number of ether oxygens (including phenoxy) is 1. The van der Waals surface area contributed by atoms with E-state index in [0.717, 1.165) is 23.9 Å². The molecule has 1 aliphatic rings. The lowest BCUT2D eigenvalue weighted by atomic mass is 9.98. The molecule has 2 aromatic rings. The van der Waals surface area contributed by atoms with Crippen molar-refractivity contribution in [1.29, 1.82) is 0 Å². The lowest BCUT2D eigenvalue weighted by molar-refractivity contribution is -0.118. The van der Waals surface area contributed by atoms with E-state index in [1.807, 2.05) is 22.9 Å². The maximum Gasteiger partial charge on any atom is 0.230 e. The molecule has 6 heteroatoms. The van der Waals surface area contributed by atoms with Gasteiger partial charge in [0.2, 0.25) is 5.91 Å². The molecule has 1 N–H and O–H groups in total. The van der Waals surface area contributed by atoms with E-state index in [2.05, 4.69) is 29.4 Å². The van der Waals surface area contributed by atoms with Crippen LogP contribution in [0.25, 0.3) is 5.69 Å². The fraction of sp³-hybridized carbons (Fsp3) is 0.524. The van der Waals surface area contributed by atoms with Crippen LogP contribution in [0.1, 0.15) is 44.1 Å². The van der Waals surface area contributed by atoms with Crippen LogP contribution in [0.3, 0.4) is 0 Å². The minimum atomic E-state index is 0.0389. The zero-order valence-corrected chi connectivity index (χ0v) is 16.8. The molecule has 1 amide bonds. The Morgan fingerprint density at radius 1 is 1.30 bits per heavy atom. The Morgan fingerprint density at radius 3 is 2.93 bits per heavy atom. The standard InChI is InChI=1S/C21H29N3O2S/c1-17-8-5-6-11-19(17)24-14-13-23-21(24)27-16-20(25)22-12-7-15-26-18-9-3-2-4-10-18/h5-6,8,11,13-14,18H,2-4,7,9-10,12,15-16H2,1H3,(H,22,25). The smallest absolute Gasteiger partial charge is 0.230 e. The summed E-state index contributed by atoms with van der Waals surface area (Å²) in [5.41, 5.74) is 2.28. The predicted octanol–water partition coefficient (Wildman–Crippen LogP) is 4.13. The Labute approximate surface area is 165 Å². The number of carbonyl (C=O) groups is 1. The molecule has 0 bridgehead atoms. The molecule has 1 fully saturated rings. The molecule has 1 aromatic heterocycles. The van der Waals surface area contributed by atoms with E-state index in [4.69, 9.17) is 4.74 Å². The van der Waals surface area contributed by atoms with Crippen LogP contribution in [0.4, 0.5) is 0 Å². The number of amides is 1. The predicted molar refractivity (Wildman–Crippen MR) is 109 cm³/mol. The van der Waals surface area contributed by atoms with Crippen molar-refractivity contribution in [2.45, 2.75) is 56.7 Å². The number of rotatable bonds is 9. The number of hydrogen-bond acceptors (Lipinski definition) is 4. The maximum atomic E-state index is 12.1.